The summed E-state index contributed by atoms with van der Waals surface area (Å²) in [7, 11) is 0. The molecule has 0 unspecified atom stereocenters. The van der Waals surface area contributed by atoms with Gasteiger partial charge < -0.3 is 10.5 Å². The monoisotopic (exact) mass is 225 g/mol. The van der Waals surface area contributed by atoms with Gasteiger partial charge in [0, 0.05) is 11.3 Å². The number of nitrogens with two attached hydrogens (primary N) is 1. The number of hydrogen-bond acceptors (Lipinski definition) is 3. The van der Waals surface area contributed by atoms with E-state index in [4.69, 9.17) is 10.5 Å². The van der Waals surface area contributed by atoms with Gasteiger partial charge in [-0.2, -0.15) is 0 Å². The molecule has 2 N–H and O–H groups in total. The van der Waals surface area contributed by atoms with Gasteiger partial charge in [-0.05, 0) is 39.8 Å². The Morgan fingerprint density at radius 1 is 1.38 bits per heavy atom. The summed E-state index contributed by atoms with van der Waals surface area (Å²) in [6.45, 7) is 6.81. The maximum absolute atomic E-state index is 13.3. The first-order valence-corrected chi connectivity index (χ1v) is 4.99. The van der Waals surface area contributed by atoms with Crippen molar-refractivity contribution in [2.24, 2.45) is 0 Å². The smallest absolute Gasteiger partial charge is 0.338 e. The van der Waals surface area contributed by atoms with Gasteiger partial charge in [0.2, 0.25) is 0 Å². The number of benzene rings is 1. The molecule has 4 heteroatoms. The van der Waals surface area contributed by atoms with Crippen LogP contribution < -0.4 is 5.73 Å². The van der Waals surface area contributed by atoms with Crippen LogP contribution >= 0.6 is 0 Å². The average Bonchev–Trinajstić information content (AvgIpc) is 2.10. The van der Waals surface area contributed by atoms with Crippen molar-refractivity contribution in [3.8, 4) is 0 Å². The van der Waals surface area contributed by atoms with Crippen molar-refractivity contribution in [2.45, 2.75) is 33.3 Å². The van der Waals surface area contributed by atoms with Crippen molar-refractivity contribution in [1.29, 1.82) is 0 Å². The van der Waals surface area contributed by atoms with Gasteiger partial charge >= 0.3 is 5.97 Å². The third-order valence-electron chi connectivity index (χ3n) is 2.02. The maximum atomic E-state index is 13.3. The van der Waals surface area contributed by atoms with Gasteiger partial charge in [-0.1, -0.05) is 0 Å². The molecule has 0 heterocycles. The number of carbonyl (C=O) groups is 1. The molecule has 0 aromatic heterocycles. The van der Waals surface area contributed by atoms with Gasteiger partial charge in [0.15, 0.2) is 0 Å². The quantitative estimate of drug-likeness (QED) is 0.590. The Balaban J connectivity index is 3.02. The van der Waals surface area contributed by atoms with Gasteiger partial charge in [-0.15, -0.1) is 0 Å². The molecule has 1 rings (SSSR count). The van der Waals surface area contributed by atoms with Crippen molar-refractivity contribution in [3.05, 3.63) is 29.1 Å². The van der Waals surface area contributed by atoms with Crippen LogP contribution in [0.25, 0.3) is 0 Å². The van der Waals surface area contributed by atoms with Gasteiger partial charge in [0.05, 0.1) is 5.56 Å². The highest BCUT2D eigenvalue weighted by Gasteiger charge is 2.19. The zero-order chi connectivity index (χ0) is 12.5. The van der Waals surface area contributed by atoms with Crippen LogP contribution in [0.2, 0.25) is 0 Å². The predicted octanol–water partition coefficient (Wildman–Crippen LogP) is 2.67. The second-order valence-corrected chi connectivity index (χ2v) is 4.67. The van der Waals surface area contributed by atoms with Crippen LogP contribution in [0.3, 0.4) is 0 Å². The zero-order valence-electron chi connectivity index (χ0n) is 9.93. The van der Waals surface area contributed by atoms with Crippen molar-refractivity contribution < 1.29 is 13.9 Å². The fourth-order valence-electron chi connectivity index (χ4n) is 1.15. The SMILES string of the molecule is Cc1c(N)cc(C(=O)OC(C)(C)C)cc1F. The molecular formula is C12H16FNO2. The Kier molecular flexibility index (Phi) is 3.21. The second-order valence-electron chi connectivity index (χ2n) is 4.67. The lowest BCUT2D eigenvalue weighted by atomic mass is 10.1. The summed E-state index contributed by atoms with van der Waals surface area (Å²) in [6.07, 6.45) is 0. The third-order valence-corrected chi connectivity index (χ3v) is 2.02. The highest BCUT2D eigenvalue weighted by molar-refractivity contribution is 5.91. The number of nitrogen functional groups attached to an aromatic ring is 1. The molecular weight excluding hydrogens is 209 g/mol. The molecule has 1 aromatic rings. The second kappa shape index (κ2) is 4.12. The minimum atomic E-state index is -0.604. The highest BCUT2D eigenvalue weighted by atomic mass is 19.1. The number of halogens is 1. The van der Waals surface area contributed by atoms with Crippen LogP contribution in [0, 0.1) is 12.7 Å². The minimum Gasteiger partial charge on any atom is -0.456 e. The molecule has 0 fully saturated rings. The van der Waals surface area contributed by atoms with Gasteiger partial charge in [0.25, 0.3) is 0 Å². The predicted molar refractivity (Wildman–Crippen MR) is 60.7 cm³/mol. The molecule has 0 atom stereocenters. The van der Waals surface area contributed by atoms with Gasteiger partial charge in [-0.25, -0.2) is 9.18 Å². The van der Waals surface area contributed by atoms with Crippen LogP contribution in [0.15, 0.2) is 12.1 Å². The van der Waals surface area contributed by atoms with Crippen LogP contribution in [-0.2, 0) is 4.74 Å². The lowest BCUT2D eigenvalue weighted by molar-refractivity contribution is 0.00691. The first-order valence-electron chi connectivity index (χ1n) is 4.99. The summed E-state index contributed by atoms with van der Waals surface area (Å²) in [4.78, 5) is 11.6. The molecule has 0 bridgehead atoms. The van der Waals surface area contributed by atoms with Crippen molar-refractivity contribution in [1.82, 2.24) is 0 Å². The molecule has 3 nitrogen and oxygen atoms in total. The largest absolute Gasteiger partial charge is 0.456 e. The number of rotatable bonds is 1. The molecule has 16 heavy (non-hydrogen) atoms. The third kappa shape index (κ3) is 2.95. The van der Waals surface area contributed by atoms with E-state index in [0.29, 0.717) is 5.56 Å². The molecule has 1 aromatic carbocycles. The average molecular weight is 225 g/mol. The minimum absolute atomic E-state index is 0.135. The molecule has 0 saturated carbocycles. The van der Waals surface area contributed by atoms with Crippen molar-refractivity contribution in [3.63, 3.8) is 0 Å². The van der Waals surface area contributed by atoms with E-state index in [1.54, 1.807) is 27.7 Å². The standard InChI is InChI=1S/C12H16FNO2/c1-7-9(13)5-8(6-10(7)14)11(15)16-12(2,3)4/h5-6H,14H2,1-4H3. The fourth-order valence-corrected chi connectivity index (χ4v) is 1.15. The first kappa shape index (κ1) is 12.5. The van der Waals surface area contributed by atoms with Crippen LogP contribution in [0.4, 0.5) is 10.1 Å². The number of esters is 1. The zero-order valence-corrected chi connectivity index (χ0v) is 9.93. The molecule has 0 aliphatic carbocycles. The number of ether oxygens (including phenoxy) is 1. The molecule has 0 saturated heterocycles. The number of hydrogen-bond donors (Lipinski definition) is 1. The van der Waals surface area contributed by atoms with Crippen LogP contribution in [0.5, 0.6) is 0 Å². The lowest BCUT2D eigenvalue weighted by Gasteiger charge is -2.19. The van der Waals surface area contributed by atoms with E-state index in [-0.39, 0.29) is 11.3 Å². The van der Waals surface area contributed by atoms with E-state index in [2.05, 4.69) is 0 Å². The maximum Gasteiger partial charge on any atom is 0.338 e. The molecule has 0 radical (unpaired) electrons. The normalized spacial score (nSPS) is 11.3. The summed E-state index contributed by atoms with van der Waals surface area (Å²) in [5.41, 5.74) is 5.70. The van der Waals surface area contributed by atoms with E-state index < -0.39 is 17.4 Å². The number of carbonyl (C=O) groups excluding carboxylic acids is 1. The van der Waals surface area contributed by atoms with E-state index in [1.807, 2.05) is 0 Å². The Labute approximate surface area is 94.4 Å². The molecule has 0 spiro atoms. The lowest BCUT2D eigenvalue weighted by Crippen LogP contribution is -2.24. The van der Waals surface area contributed by atoms with E-state index >= 15 is 0 Å². The summed E-state index contributed by atoms with van der Waals surface area (Å²) >= 11 is 0. The van der Waals surface area contributed by atoms with Crippen LogP contribution in [0.1, 0.15) is 36.7 Å². The number of anilines is 1. The fraction of sp³-hybridized carbons (Fsp3) is 0.417. The summed E-state index contributed by atoms with van der Waals surface area (Å²) in [5.74, 6) is -1.07. The van der Waals surface area contributed by atoms with Crippen molar-refractivity contribution >= 4 is 11.7 Å². The highest BCUT2D eigenvalue weighted by Crippen LogP contribution is 2.20. The summed E-state index contributed by atoms with van der Waals surface area (Å²) in [5, 5.41) is 0. The van der Waals surface area contributed by atoms with Gasteiger partial charge in [0.1, 0.15) is 11.4 Å². The summed E-state index contributed by atoms with van der Waals surface area (Å²) < 4.78 is 18.5. The van der Waals surface area contributed by atoms with E-state index in [1.165, 1.54) is 6.07 Å². The van der Waals surface area contributed by atoms with Crippen molar-refractivity contribution in [2.75, 3.05) is 5.73 Å². The van der Waals surface area contributed by atoms with Gasteiger partial charge in [-0.3, -0.25) is 0 Å². The summed E-state index contributed by atoms with van der Waals surface area (Å²) in [6, 6.07) is 2.56. The molecule has 0 amide bonds. The molecule has 0 aliphatic heterocycles. The Bertz CT molecular complexity index is 399. The van der Waals surface area contributed by atoms with E-state index in [0.717, 1.165) is 6.07 Å². The topological polar surface area (TPSA) is 52.3 Å². The van der Waals surface area contributed by atoms with Crippen LogP contribution in [-0.4, -0.2) is 11.6 Å². The molecule has 0 aliphatic rings. The molecule has 88 valence electrons. The Morgan fingerprint density at radius 2 is 1.94 bits per heavy atom. The Morgan fingerprint density at radius 3 is 2.38 bits per heavy atom. The Hall–Kier alpha value is -1.58. The van der Waals surface area contributed by atoms with E-state index in [9.17, 15) is 9.18 Å². The first-order chi connectivity index (χ1) is 7.20.